The van der Waals surface area contributed by atoms with Crippen molar-refractivity contribution < 1.29 is 14.0 Å². The third-order valence-electron chi connectivity index (χ3n) is 5.46. The lowest BCUT2D eigenvalue weighted by atomic mass is 9.85. The van der Waals surface area contributed by atoms with Gasteiger partial charge in [0.15, 0.2) is 5.65 Å². The minimum absolute atomic E-state index is 0.0168. The number of hydrogen-bond acceptors (Lipinski definition) is 4. The molecule has 0 bridgehead atoms. The quantitative estimate of drug-likeness (QED) is 0.661. The highest BCUT2D eigenvalue weighted by Crippen LogP contribution is 2.29. The molecule has 0 saturated heterocycles. The number of rotatable bonds is 4. The van der Waals surface area contributed by atoms with Gasteiger partial charge in [0.1, 0.15) is 11.4 Å². The van der Waals surface area contributed by atoms with E-state index < -0.39 is 5.82 Å². The summed E-state index contributed by atoms with van der Waals surface area (Å²) in [7, 11) is 0. The van der Waals surface area contributed by atoms with E-state index in [-0.39, 0.29) is 28.8 Å². The molecule has 2 N–H and O–H groups in total. The molecule has 1 saturated carbocycles. The molecule has 0 radical (unpaired) electrons. The average Bonchev–Trinajstić information content (AvgIpc) is 3.17. The molecular formula is C21H21ClFN5O2. The van der Waals surface area contributed by atoms with Crippen LogP contribution in [0.15, 0.2) is 36.8 Å². The molecule has 0 aliphatic heterocycles. The summed E-state index contributed by atoms with van der Waals surface area (Å²) in [5.74, 6) is -0.946. The number of aromatic nitrogens is 3. The molecule has 0 unspecified atom stereocenters. The lowest BCUT2D eigenvalue weighted by Crippen LogP contribution is -2.39. The largest absolute Gasteiger partial charge is 0.349 e. The van der Waals surface area contributed by atoms with Crippen LogP contribution in [-0.2, 0) is 4.79 Å². The molecule has 2 aromatic heterocycles. The summed E-state index contributed by atoms with van der Waals surface area (Å²) in [6.07, 6.45) is 7.51. The first-order chi connectivity index (χ1) is 14.4. The van der Waals surface area contributed by atoms with E-state index in [0.717, 1.165) is 0 Å². The van der Waals surface area contributed by atoms with Crippen LogP contribution in [0.2, 0.25) is 5.02 Å². The summed E-state index contributed by atoms with van der Waals surface area (Å²) in [6.45, 7) is 1.62. The molecular weight excluding hydrogens is 409 g/mol. The highest BCUT2D eigenvalue weighted by Gasteiger charge is 2.28. The lowest BCUT2D eigenvalue weighted by molar-refractivity contribution is -0.120. The molecule has 1 aliphatic carbocycles. The van der Waals surface area contributed by atoms with Gasteiger partial charge in [-0.3, -0.25) is 9.59 Å². The van der Waals surface area contributed by atoms with Gasteiger partial charge in [0.2, 0.25) is 5.91 Å². The van der Waals surface area contributed by atoms with Crippen LogP contribution in [0.5, 0.6) is 0 Å². The monoisotopic (exact) mass is 429 g/mol. The number of nitrogens with zero attached hydrogens (tertiary/aromatic N) is 3. The van der Waals surface area contributed by atoms with Crippen LogP contribution in [0.25, 0.3) is 5.65 Å². The molecule has 30 heavy (non-hydrogen) atoms. The number of anilines is 1. The van der Waals surface area contributed by atoms with Crippen LogP contribution in [-0.4, -0.2) is 32.5 Å². The van der Waals surface area contributed by atoms with Crippen LogP contribution in [0.1, 0.15) is 41.6 Å². The zero-order valence-corrected chi connectivity index (χ0v) is 17.1. The van der Waals surface area contributed by atoms with Crippen molar-refractivity contribution in [2.45, 2.75) is 38.6 Å². The van der Waals surface area contributed by atoms with Gasteiger partial charge < -0.3 is 10.6 Å². The number of carbonyl (C=O) groups is 2. The highest BCUT2D eigenvalue weighted by atomic mass is 35.5. The Morgan fingerprint density at radius 3 is 2.77 bits per heavy atom. The van der Waals surface area contributed by atoms with Gasteiger partial charge in [-0.15, -0.1) is 0 Å². The fourth-order valence-corrected chi connectivity index (χ4v) is 3.94. The van der Waals surface area contributed by atoms with E-state index >= 15 is 0 Å². The van der Waals surface area contributed by atoms with E-state index in [2.05, 4.69) is 20.7 Å². The standard InChI is InChI=1S/C21H21ClFN5O2/c1-12-9-18(16(22)10-17(12)23)27-20(29)13-3-5-14(6-4-13)26-21(30)15-11-25-28-8-2-7-24-19(15)28/h2,7-11,13-14H,3-6H2,1H3,(H,26,30)(H,27,29). The maximum atomic E-state index is 13.5. The second kappa shape index (κ2) is 8.39. The summed E-state index contributed by atoms with van der Waals surface area (Å²) in [4.78, 5) is 29.4. The van der Waals surface area contributed by atoms with Gasteiger partial charge in [-0.05, 0) is 56.4 Å². The number of amides is 2. The lowest BCUT2D eigenvalue weighted by Gasteiger charge is -2.28. The molecule has 9 heteroatoms. The summed E-state index contributed by atoms with van der Waals surface area (Å²) < 4.78 is 15.1. The number of aryl methyl sites for hydroxylation is 1. The Kier molecular flexibility index (Phi) is 5.67. The van der Waals surface area contributed by atoms with Crippen molar-refractivity contribution in [2.24, 2.45) is 5.92 Å². The van der Waals surface area contributed by atoms with Crippen molar-refractivity contribution in [1.82, 2.24) is 19.9 Å². The second-order valence-electron chi connectivity index (χ2n) is 7.54. The van der Waals surface area contributed by atoms with Crippen LogP contribution >= 0.6 is 11.6 Å². The Morgan fingerprint density at radius 1 is 1.23 bits per heavy atom. The minimum Gasteiger partial charge on any atom is -0.349 e. The third-order valence-corrected chi connectivity index (χ3v) is 5.78. The molecule has 4 rings (SSSR count). The summed E-state index contributed by atoms with van der Waals surface area (Å²) in [5.41, 5.74) is 1.77. The normalized spacial score (nSPS) is 18.9. The summed E-state index contributed by atoms with van der Waals surface area (Å²) in [5, 5.41) is 10.1. The van der Waals surface area contributed by atoms with E-state index in [9.17, 15) is 14.0 Å². The van der Waals surface area contributed by atoms with Crippen molar-refractivity contribution >= 4 is 34.7 Å². The fourth-order valence-electron chi connectivity index (χ4n) is 3.74. The number of benzene rings is 1. The zero-order valence-electron chi connectivity index (χ0n) is 16.4. The van der Waals surface area contributed by atoms with E-state index in [0.29, 0.717) is 48.1 Å². The number of fused-ring (bicyclic) bond motifs is 1. The topological polar surface area (TPSA) is 88.4 Å². The number of hydrogen-bond donors (Lipinski definition) is 2. The maximum absolute atomic E-state index is 13.5. The highest BCUT2D eigenvalue weighted by molar-refractivity contribution is 6.33. The van der Waals surface area contributed by atoms with Gasteiger partial charge in [-0.2, -0.15) is 5.10 Å². The number of nitrogens with one attached hydrogen (secondary N) is 2. The smallest absolute Gasteiger partial charge is 0.256 e. The summed E-state index contributed by atoms with van der Waals surface area (Å²) in [6, 6.07) is 4.46. The van der Waals surface area contributed by atoms with Gasteiger partial charge in [0, 0.05) is 24.4 Å². The SMILES string of the molecule is Cc1cc(NC(=O)C2CCC(NC(=O)c3cnn4cccnc34)CC2)c(Cl)cc1F. The van der Waals surface area contributed by atoms with Crippen LogP contribution in [0.4, 0.5) is 10.1 Å². The fraction of sp³-hybridized carbons (Fsp3) is 0.333. The zero-order chi connectivity index (χ0) is 21.3. The van der Waals surface area contributed by atoms with E-state index in [1.54, 1.807) is 29.9 Å². The van der Waals surface area contributed by atoms with Crippen LogP contribution < -0.4 is 10.6 Å². The van der Waals surface area contributed by atoms with Gasteiger partial charge >= 0.3 is 0 Å². The Balaban J connectivity index is 1.33. The molecule has 3 aromatic rings. The molecule has 2 heterocycles. The van der Waals surface area contributed by atoms with Gasteiger partial charge in [0.05, 0.1) is 16.9 Å². The van der Waals surface area contributed by atoms with E-state index in [4.69, 9.17) is 11.6 Å². The van der Waals surface area contributed by atoms with Crippen LogP contribution in [0.3, 0.4) is 0 Å². The summed E-state index contributed by atoms with van der Waals surface area (Å²) >= 11 is 6.04. The van der Waals surface area contributed by atoms with Crippen molar-refractivity contribution in [3.63, 3.8) is 0 Å². The second-order valence-corrected chi connectivity index (χ2v) is 7.95. The van der Waals surface area contributed by atoms with Crippen LogP contribution in [0, 0.1) is 18.7 Å². The minimum atomic E-state index is -0.407. The van der Waals surface area contributed by atoms with Crippen molar-refractivity contribution in [3.8, 4) is 0 Å². The Bertz CT molecular complexity index is 1110. The van der Waals surface area contributed by atoms with Crippen molar-refractivity contribution in [2.75, 3.05) is 5.32 Å². The molecule has 156 valence electrons. The van der Waals surface area contributed by atoms with E-state index in [1.807, 2.05) is 0 Å². The van der Waals surface area contributed by atoms with E-state index in [1.165, 1.54) is 18.3 Å². The predicted octanol–water partition coefficient (Wildman–Crippen LogP) is 3.76. The molecule has 1 aromatic carbocycles. The first-order valence-electron chi connectivity index (χ1n) is 9.78. The molecule has 7 nitrogen and oxygen atoms in total. The van der Waals surface area contributed by atoms with Crippen molar-refractivity contribution in [3.05, 3.63) is 58.8 Å². The van der Waals surface area contributed by atoms with Crippen molar-refractivity contribution in [1.29, 1.82) is 0 Å². The first-order valence-corrected chi connectivity index (χ1v) is 10.2. The molecule has 1 fully saturated rings. The Morgan fingerprint density at radius 2 is 2.00 bits per heavy atom. The molecule has 0 spiro atoms. The average molecular weight is 430 g/mol. The van der Waals surface area contributed by atoms with Gasteiger partial charge in [-0.1, -0.05) is 11.6 Å². The Hall–Kier alpha value is -3.00. The number of carbonyl (C=O) groups excluding carboxylic acids is 2. The third kappa shape index (κ3) is 4.14. The van der Waals surface area contributed by atoms with Gasteiger partial charge in [-0.25, -0.2) is 13.9 Å². The maximum Gasteiger partial charge on any atom is 0.256 e. The molecule has 0 atom stereocenters. The molecule has 2 amide bonds. The Labute approximate surface area is 177 Å². The molecule has 1 aliphatic rings. The van der Waals surface area contributed by atoms with Gasteiger partial charge in [0.25, 0.3) is 5.91 Å². The first kappa shape index (κ1) is 20.3. The number of halogens is 2. The predicted molar refractivity (Wildman–Crippen MR) is 111 cm³/mol.